The summed E-state index contributed by atoms with van der Waals surface area (Å²) in [5.74, 6) is -0.560. The van der Waals surface area contributed by atoms with Gasteiger partial charge in [-0.3, -0.25) is 4.79 Å². The van der Waals surface area contributed by atoms with E-state index in [9.17, 15) is 18.0 Å². The number of carbonyl (C=O) groups excluding carboxylic acids is 2. The third kappa shape index (κ3) is 4.79. The molecule has 1 aliphatic rings. The van der Waals surface area contributed by atoms with Gasteiger partial charge >= 0.3 is 5.97 Å². The Morgan fingerprint density at radius 2 is 2.04 bits per heavy atom. The van der Waals surface area contributed by atoms with Gasteiger partial charge < -0.3 is 15.4 Å². The smallest absolute Gasteiger partial charge is 0.337 e. The summed E-state index contributed by atoms with van der Waals surface area (Å²) in [5, 5.41) is 5.67. The molecule has 1 aromatic heterocycles. The molecule has 9 nitrogen and oxygen atoms in total. The molecule has 2 heterocycles. The van der Waals surface area contributed by atoms with E-state index in [1.807, 2.05) is 0 Å². The number of anilines is 2. The summed E-state index contributed by atoms with van der Waals surface area (Å²) in [5.41, 5.74) is 1.07. The van der Waals surface area contributed by atoms with E-state index in [1.165, 1.54) is 19.5 Å². The number of benzene rings is 1. The van der Waals surface area contributed by atoms with Gasteiger partial charge in [0.2, 0.25) is 0 Å². The van der Waals surface area contributed by atoms with E-state index in [1.54, 1.807) is 24.3 Å². The number of hydrogen-bond acceptors (Lipinski definition) is 8. The van der Waals surface area contributed by atoms with Gasteiger partial charge in [0.15, 0.2) is 9.84 Å². The van der Waals surface area contributed by atoms with Crippen LogP contribution >= 0.6 is 0 Å². The first-order valence-corrected chi connectivity index (χ1v) is 9.97. The molecule has 0 saturated carbocycles. The van der Waals surface area contributed by atoms with Gasteiger partial charge in [0, 0.05) is 17.8 Å². The van der Waals surface area contributed by atoms with Gasteiger partial charge in [-0.25, -0.2) is 23.2 Å². The molecule has 0 radical (unpaired) electrons. The molecule has 1 aromatic carbocycles. The first kappa shape index (κ1) is 18.8. The Morgan fingerprint density at radius 3 is 2.74 bits per heavy atom. The summed E-state index contributed by atoms with van der Waals surface area (Å²) in [6.07, 6.45) is 1.62. The lowest BCUT2D eigenvalue weighted by Crippen LogP contribution is -2.36. The number of carbonyl (C=O) groups is 2. The zero-order chi connectivity index (χ0) is 19.4. The van der Waals surface area contributed by atoms with Gasteiger partial charge in [-0.15, -0.1) is 0 Å². The maximum Gasteiger partial charge on any atom is 0.337 e. The van der Waals surface area contributed by atoms with Crippen LogP contribution < -0.4 is 10.6 Å². The topological polar surface area (TPSA) is 127 Å². The number of sulfone groups is 1. The molecular weight excluding hydrogens is 372 g/mol. The molecule has 1 amide bonds. The van der Waals surface area contributed by atoms with Crippen LogP contribution in [0.4, 0.5) is 11.5 Å². The Hall–Kier alpha value is -3.01. The molecule has 0 spiro atoms. The Morgan fingerprint density at radius 1 is 1.22 bits per heavy atom. The Bertz CT molecular complexity index is 977. The van der Waals surface area contributed by atoms with Gasteiger partial charge in [0.1, 0.15) is 17.8 Å². The third-order valence-electron chi connectivity index (χ3n) is 4.02. The van der Waals surface area contributed by atoms with Crippen LogP contribution in [0.2, 0.25) is 0 Å². The summed E-state index contributed by atoms with van der Waals surface area (Å²) >= 11 is 0. The summed E-state index contributed by atoms with van der Waals surface area (Å²) in [6, 6.07) is 7.67. The van der Waals surface area contributed by atoms with Crippen LogP contribution in [-0.4, -0.2) is 54.9 Å². The van der Waals surface area contributed by atoms with Crippen LogP contribution in [-0.2, 0) is 14.6 Å². The van der Waals surface area contributed by atoms with E-state index in [4.69, 9.17) is 0 Å². The number of nitrogens with one attached hydrogen (secondary N) is 2. The monoisotopic (exact) mass is 390 g/mol. The van der Waals surface area contributed by atoms with Crippen molar-refractivity contribution in [3.05, 3.63) is 47.9 Å². The van der Waals surface area contributed by atoms with E-state index >= 15 is 0 Å². The molecule has 1 saturated heterocycles. The van der Waals surface area contributed by atoms with Crippen molar-refractivity contribution in [3.8, 4) is 0 Å². The maximum absolute atomic E-state index is 12.3. The summed E-state index contributed by atoms with van der Waals surface area (Å²) < 4.78 is 27.7. The molecule has 27 heavy (non-hydrogen) atoms. The lowest BCUT2D eigenvalue weighted by Gasteiger charge is -2.11. The highest BCUT2D eigenvalue weighted by Crippen LogP contribution is 2.17. The molecule has 3 rings (SSSR count). The van der Waals surface area contributed by atoms with Crippen molar-refractivity contribution in [1.82, 2.24) is 15.3 Å². The van der Waals surface area contributed by atoms with Crippen molar-refractivity contribution in [1.29, 1.82) is 0 Å². The maximum atomic E-state index is 12.3. The summed E-state index contributed by atoms with van der Waals surface area (Å²) in [7, 11) is -1.78. The second kappa shape index (κ2) is 7.70. The number of aromatic nitrogens is 2. The van der Waals surface area contributed by atoms with Crippen LogP contribution in [0.3, 0.4) is 0 Å². The standard InChI is InChI=1S/C17H18N4O5S/c1-26-17(23)11-3-2-4-12(7-11)20-15-8-14(18-10-19-15)16(22)21-13-5-6-27(24,25)9-13/h2-4,7-8,10,13H,5-6,9H2,1H3,(H,21,22)(H,18,19,20). The Balaban J connectivity index is 1.70. The van der Waals surface area contributed by atoms with Gasteiger partial charge in [-0.2, -0.15) is 0 Å². The molecule has 2 N–H and O–H groups in total. The lowest BCUT2D eigenvalue weighted by molar-refractivity contribution is 0.0600. The van der Waals surface area contributed by atoms with Gasteiger partial charge in [0.05, 0.1) is 24.2 Å². The van der Waals surface area contributed by atoms with Crippen molar-refractivity contribution in [2.24, 2.45) is 0 Å². The van der Waals surface area contributed by atoms with Crippen molar-refractivity contribution >= 4 is 33.2 Å². The highest BCUT2D eigenvalue weighted by atomic mass is 32.2. The number of nitrogens with zero attached hydrogens (tertiary/aromatic N) is 2. The molecule has 0 aliphatic carbocycles. The quantitative estimate of drug-likeness (QED) is 0.722. The number of ether oxygens (including phenoxy) is 1. The van der Waals surface area contributed by atoms with Crippen LogP contribution in [0, 0.1) is 0 Å². The first-order chi connectivity index (χ1) is 12.9. The second-order valence-electron chi connectivity index (χ2n) is 6.06. The van der Waals surface area contributed by atoms with Gasteiger partial charge in [-0.1, -0.05) is 6.07 Å². The minimum Gasteiger partial charge on any atom is -0.465 e. The second-order valence-corrected chi connectivity index (χ2v) is 8.29. The molecule has 1 fully saturated rings. The number of rotatable bonds is 5. The molecule has 1 unspecified atom stereocenters. The van der Waals surface area contributed by atoms with E-state index in [0.29, 0.717) is 23.5 Å². The number of hydrogen-bond donors (Lipinski definition) is 2. The fourth-order valence-electron chi connectivity index (χ4n) is 2.71. The summed E-state index contributed by atoms with van der Waals surface area (Å²) in [6.45, 7) is 0. The van der Waals surface area contributed by atoms with E-state index in [2.05, 4.69) is 25.3 Å². The predicted molar refractivity (Wildman–Crippen MR) is 97.6 cm³/mol. The fraction of sp³-hybridized carbons (Fsp3) is 0.294. The van der Waals surface area contributed by atoms with Crippen molar-refractivity contribution in [3.63, 3.8) is 0 Å². The normalized spacial score (nSPS) is 17.9. The minimum atomic E-state index is -3.08. The highest BCUT2D eigenvalue weighted by molar-refractivity contribution is 7.91. The zero-order valence-electron chi connectivity index (χ0n) is 14.5. The molecule has 1 aliphatic heterocycles. The van der Waals surface area contributed by atoms with Crippen LogP contribution in [0.25, 0.3) is 0 Å². The predicted octanol–water partition coefficient (Wildman–Crippen LogP) is 0.924. The lowest BCUT2D eigenvalue weighted by atomic mass is 10.2. The first-order valence-electron chi connectivity index (χ1n) is 8.15. The average molecular weight is 390 g/mol. The summed E-state index contributed by atoms with van der Waals surface area (Å²) in [4.78, 5) is 31.9. The number of amides is 1. The van der Waals surface area contributed by atoms with E-state index in [0.717, 1.165) is 0 Å². The number of methoxy groups -OCH3 is 1. The zero-order valence-corrected chi connectivity index (χ0v) is 15.3. The number of esters is 1. The molecule has 2 aromatic rings. The SMILES string of the molecule is COC(=O)c1cccc(Nc2cc(C(=O)NC3CCS(=O)(=O)C3)ncn2)c1. The van der Waals surface area contributed by atoms with Crippen molar-refractivity contribution in [2.75, 3.05) is 23.9 Å². The molecular formula is C17H18N4O5S. The van der Waals surface area contributed by atoms with Crippen molar-refractivity contribution in [2.45, 2.75) is 12.5 Å². The minimum absolute atomic E-state index is 0.0603. The van der Waals surface area contributed by atoms with Gasteiger partial charge in [0.25, 0.3) is 5.91 Å². The highest BCUT2D eigenvalue weighted by Gasteiger charge is 2.29. The average Bonchev–Trinajstić information content (AvgIpc) is 2.99. The van der Waals surface area contributed by atoms with Crippen LogP contribution in [0.5, 0.6) is 0 Å². The fourth-order valence-corrected chi connectivity index (χ4v) is 4.38. The largest absolute Gasteiger partial charge is 0.465 e. The Labute approximate surface area is 156 Å². The van der Waals surface area contributed by atoms with Crippen LogP contribution in [0.1, 0.15) is 27.3 Å². The van der Waals surface area contributed by atoms with E-state index < -0.39 is 27.8 Å². The molecule has 1 atom stereocenters. The molecule has 142 valence electrons. The van der Waals surface area contributed by atoms with E-state index in [-0.39, 0.29) is 17.2 Å². The Kier molecular flexibility index (Phi) is 5.36. The van der Waals surface area contributed by atoms with Gasteiger partial charge in [-0.05, 0) is 24.6 Å². The third-order valence-corrected chi connectivity index (χ3v) is 5.79. The van der Waals surface area contributed by atoms with Crippen LogP contribution in [0.15, 0.2) is 36.7 Å². The molecule has 0 bridgehead atoms. The molecule has 10 heteroatoms. The van der Waals surface area contributed by atoms with Crippen molar-refractivity contribution < 1.29 is 22.7 Å².